The molecule has 1 aromatic rings. The molecule has 0 unspecified atom stereocenters. The Labute approximate surface area is 98.3 Å². The molecule has 0 amide bonds. The van der Waals surface area contributed by atoms with Gasteiger partial charge in [-0.1, -0.05) is 6.07 Å². The molecule has 0 heterocycles. The van der Waals surface area contributed by atoms with Gasteiger partial charge in [-0.25, -0.2) is 9.18 Å². The number of esters is 1. The lowest BCUT2D eigenvalue weighted by molar-refractivity contribution is 0.0595. The van der Waals surface area contributed by atoms with Gasteiger partial charge in [0, 0.05) is 0 Å². The van der Waals surface area contributed by atoms with Crippen LogP contribution in [0.15, 0.2) is 18.2 Å². The quantitative estimate of drug-likeness (QED) is 0.600. The Morgan fingerprint density at radius 2 is 2.06 bits per heavy atom. The van der Waals surface area contributed by atoms with Crippen LogP contribution in [0.25, 0.3) is 0 Å². The number of halogens is 1. The topological polar surface area (TPSA) is 69.7 Å². The smallest absolute Gasteiger partial charge is 0.340 e. The molecule has 0 N–H and O–H groups in total. The molecule has 5 nitrogen and oxygen atoms in total. The normalized spacial score (nSPS) is 11.2. The standard InChI is InChI=1S/C10H11FO5S/c1-15-10(12)8-5-7(3-4-9(8)11)6-16-17(2,13)14/h3-5H,6H2,1-2H3. The van der Waals surface area contributed by atoms with Gasteiger partial charge in [-0.3, -0.25) is 4.18 Å². The maximum absolute atomic E-state index is 13.2. The van der Waals surface area contributed by atoms with Crippen molar-refractivity contribution in [1.82, 2.24) is 0 Å². The predicted octanol–water partition coefficient (Wildman–Crippen LogP) is 1.09. The van der Waals surface area contributed by atoms with E-state index >= 15 is 0 Å². The van der Waals surface area contributed by atoms with Crippen LogP contribution in [0.1, 0.15) is 15.9 Å². The van der Waals surface area contributed by atoms with Gasteiger partial charge in [-0.05, 0) is 17.7 Å². The molecule has 0 fully saturated rings. The second-order valence-corrected chi connectivity index (χ2v) is 4.92. The first-order valence-electron chi connectivity index (χ1n) is 4.54. The third-order valence-electron chi connectivity index (χ3n) is 1.88. The summed E-state index contributed by atoms with van der Waals surface area (Å²) < 4.78 is 43.6. The number of benzene rings is 1. The molecule has 0 aromatic heterocycles. The molecule has 0 radical (unpaired) electrons. The molecule has 7 heteroatoms. The van der Waals surface area contributed by atoms with Crippen molar-refractivity contribution in [2.24, 2.45) is 0 Å². The summed E-state index contributed by atoms with van der Waals surface area (Å²) in [5.41, 5.74) is 0.0966. The lowest BCUT2D eigenvalue weighted by Gasteiger charge is -2.05. The molecule has 0 aliphatic carbocycles. The molecule has 0 saturated carbocycles. The van der Waals surface area contributed by atoms with E-state index in [2.05, 4.69) is 8.92 Å². The molecular weight excluding hydrogens is 251 g/mol. The summed E-state index contributed by atoms with van der Waals surface area (Å²) >= 11 is 0. The van der Waals surface area contributed by atoms with E-state index in [1.54, 1.807) is 0 Å². The number of hydrogen-bond acceptors (Lipinski definition) is 5. The van der Waals surface area contributed by atoms with Gasteiger partial charge < -0.3 is 4.74 Å². The van der Waals surface area contributed by atoms with E-state index in [9.17, 15) is 17.6 Å². The largest absolute Gasteiger partial charge is 0.465 e. The van der Waals surface area contributed by atoms with Gasteiger partial charge in [0.25, 0.3) is 10.1 Å². The van der Waals surface area contributed by atoms with Gasteiger partial charge in [0.15, 0.2) is 0 Å². The highest BCUT2D eigenvalue weighted by Gasteiger charge is 2.13. The highest BCUT2D eigenvalue weighted by Crippen LogP contribution is 2.13. The van der Waals surface area contributed by atoms with Crippen LogP contribution in [0.3, 0.4) is 0 Å². The Kier molecular flexibility index (Phi) is 4.19. The van der Waals surface area contributed by atoms with Crippen molar-refractivity contribution in [3.05, 3.63) is 35.1 Å². The van der Waals surface area contributed by atoms with Crippen molar-refractivity contribution in [1.29, 1.82) is 0 Å². The van der Waals surface area contributed by atoms with E-state index in [0.717, 1.165) is 19.4 Å². The fourth-order valence-corrected chi connectivity index (χ4v) is 1.45. The zero-order valence-electron chi connectivity index (χ0n) is 9.27. The van der Waals surface area contributed by atoms with Crippen molar-refractivity contribution in [3.8, 4) is 0 Å². The average Bonchev–Trinajstić information content (AvgIpc) is 2.26. The molecule has 94 valence electrons. The van der Waals surface area contributed by atoms with Gasteiger partial charge in [0.05, 0.1) is 25.5 Å². The second kappa shape index (κ2) is 5.24. The summed E-state index contributed by atoms with van der Waals surface area (Å²) in [6.45, 7) is -0.261. The summed E-state index contributed by atoms with van der Waals surface area (Å²) in [6, 6.07) is 3.56. The first-order chi connectivity index (χ1) is 7.83. The summed E-state index contributed by atoms with van der Waals surface area (Å²) in [4.78, 5) is 11.2. The number of carbonyl (C=O) groups excluding carboxylic acids is 1. The van der Waals surface area contributed by atoms with Gasteiger partial charge in [0.1, 0.15) is 5.82 Å². The molecule has 0 bridgehead atoms. The molecular formula is C10H11FO5S. The van der Waals surface area contributed by atoms with Crippen LogP contribution in [-0.2, 0) is 25.6 Å². The first kappa shape index (κ1) is 13.6. The van der Waals surface area contributed by atoms with E-state index in [4.69, 9.17) is 0 Å². The zero-order valence-corrected chi connectivity index (χ0v) is 10.1. The number of rotatable bonds is 4. The van der Waals surface area contributed by atoms with Gasteiger partial charge in [0.2, 0.25) is 0 Å². The molecule has 0 atom stereocenters. The van der Waals surface area contributed by atoms with Crippen LogP contribution in [0.2, 0.25) is 0 Å². The molecule has 0 aliphatic heterocycles. The van der Waals surface area contributed by atoms with E-state index < -0.39 is 21.9 Å². The average molecular weight is 262 g/mol. The number of methoxy groups -OCH3 is 1. The zero-order chi connectivity index (χ0) is 13.1. The third-order valence-corrected chi connectivity index (χ3v) is 2.42. The van der Waals surface area contributed by atoms with E-state index in [0.29, 0.717) is 5.56 Å². The van der Waals surface area contributed by atoms with Crippen molar-refractivity contribution in [2.75, 3.05) is 13.4 Å². The maximum atomic E-state index is 13.2. The predicted molar refractivity (Wildman–Crippen MR) is 57.4 cm³/mol. The molecule has 17 heavy (non-hydrogen) atoms. The number of ether oxygens (including phenoxy) is 1. The summed E-state index contributed by atoms with van der Waals surface area (Å²) in [7, 11) is -2.45. The van der Waals surface area contributed by atoms with Gasteiger partial charge in [-0.2, -0.15) is 8.42 Å². The van der Waals surface area contributed by atoms with Crippen molar-refractivity contribution < 1.29 is 26.5 Å². The molecule has 0 saturated heterocycles. The van der Waals surface area contributed by atoms with Crippen LogP contribution in [-0.4, -0.2) is 27.8 Å². The Bertz CT molecular complexity index is 523. The van der Waals surface area contributed by atoms with Crippen molar-refractivity contribution >= 4 is 16.1 Å². The molecule has 0 aliphatic rings. The van der Waals surface area contributed by atoms with Crippen LogP contribution < -0.4 is 0 Å². The van der Waals surface area contributed by atoms with Crippen LogP contribution in [0.4, 0.5) is 4.39 Å². The highest BCUT2D eigenvalue weighted by molar-refractivity contribution is 7.85. The molecule has 1 rings (SSSR count). The fraction of sp³-hybridized carbons (Fsp3) is 0.300. The lowest BCUT2D eigenvalue weighted by atomic mass is 10.1. The van der Waals surface area contributed by atoms with Gasteiger partial charge >= 0.3 is 5.97 Å². The Morgan fingerprint density at radius 3 is 2.59 bits per heavy atom. The summed E-state index contributed by atoms with van der Waals surface area (Å²) in [6.07, 6.45) is 0.901. The highest BCUT2D eigenvalue weighted by atomic mass is 32.2. The molecule has 0 spiro atoms. The summed E-state index contributed by atoms with van der Waals surface area (Å²) in [5, 5.41) is 0. The van der Waals surface area contributed by atoms with Crippen LogP contribution in [0, 0.1) is 5.82 Å². The Hall–Kier alpha value is -1.47. The van der Waals surface area contributed by atoms with Crippen LogP contribution >= 0.6 is 0 Å². The number of hydrogen-bond donors (Lipinski definition) is 0. The van der Waals surface area contributed by atoms with Crippen molar-refractivity contribution in [3.63, 3.8) is 0 Å². The minimum absolute atomic E-state index is 0.261. The Morgan fingerprint density at radius 1 is 1.41 bits per heavy atom. The minimum Gasteiger partial charge on any atom is -0.465 e. The van der Waals surface area contributed by atoms with Crippen molar-refractivity contribution in [2.45, 2.75) is 6.61 Å². The SMILES string of the molecule is COC(=O)c1cc(COS(C)(=O)=O)ccc1F. The number of carbonyl (C=O) groups is 1. The third kappa shape index (κ3) is 4.12. The lowest BCUT2D eigenvalue weighted by Crippen LogP contribution is -2.07. The first-order valence-corrected chi connectivity index (χ1v) is 6.36. The molecule has 1 aromatic carbocycles. The van der Waals surface area contributed by atoms with E-state index in [-0.39, 0.29) is 12.2 Å². The summed E-state index contributed by atoms with van der Waals surface area (Å²) in [5.74, 6) is -1.57. The second-order valence-electron chi connectivity index (χ2n) is 3.27. The van der Waals surface area contributed by atoms with Crippen LogP contribution in [0.5, 0.6) is 0 Å². The monoisotopic (exact) mass is 262 g/mol. The van der Waals surface area contributed by atoms with E-state index in [1.807, 2.05) is 0 Å². The van der Waals surface area contributed by atoms with E-state index in [1.165, 1.54) is 12.1 Å². The van der Waals surface area contributed by atoms with Gasteiger partial charge in [-0.15, -0.1) is 0 Å². The maximum Gasteiger partial charge on any atom is 0.340 e. The fourth-order valence-electron chi connectivity index (χ4n) is 1.10. The minimum atomic E-state index is -3.58. The Balaban J connectivity index is 2.93.